The van der Waals surface area contributed by atoms with Crippen LogP contribution in [-0.2, 0) is 14.3 Å². The molecule has 1 aromatic carbocycles. The lowest BCUT2D eigenvalue weighted by molar-refractivity contribution is -0.144. The maximum Gasteiger partial charge on any atom is 0.328 e. The predicted molar refractivity (Wildman–Crippen MR) is 99.4 cm³/mol. The minimum Gasteiger partial charge on any atom is -0.467 e. The predicted octanol–water partition coefficient (Wildman–Crippen LogP) is 1.99. The lowest BCUT2D eigenvalue weighted by Gasteiger charge is -2.22. The highest BCUT2D eigenvalue weighted by atomic mass is 32.2. The molecule has 1 aromatic rings. The number of aliphatic imine (C=N–C) groups is 1. The van der Waals surface area contributed by atoms with Crippen LogP contribution in [0.3, 0.4) is 0 Å². The first-order chi connectivity index (χ1) is 12.0. The Morgan fingerprint density at radius 3 is 2.80 bits per heavy atom. The molecule has 0 radical (unpaired) electrons. The average Bonchev–Trinajstić information content (AvgIpc) is 3.18. The molecule has 0 aliphatic carbocycles. The summed E-state index contributed by atoms with van der Waals surface area (Å²) < 4.78 is 4.79. The second-order valence-electron chi connectivity index (χ2n) is 5.66. The van der Waals surface area contributed by atoms with Crippen LogP contribution in [0.15, 0.2) is 39.1 Å². The zero-order valence-electron chi connectivity index (χ0n) is 13.8. The second-order valence-corrected chi connectivity index (χ2v) is 7.55. The van der Waals surface area contributed by atoms with Crippen LogP contribution in [0.4, 0.5) is 0 Å². The van der Waals surface area contributed by atoms with Gasteiger partial charge in [-0.3, -0.25) is 4.79 Å². The maximum absolute atomic E-state index is 12.2. The zero-order valence-corrected chi connectivity index (χ0v) is 15.5. The van der Waals surface area contributed by atoms with Gasteiger partial charge in [-0.15, -0.1) is 11.8 Å². The standard InChI is InChI=1S/C17H18N2O4S2/c1-23-16(22)13-8-11(20)9-19(13)17-18-15(21)14(25-17)7-10-3-5-12(24-2)6-4-10/h3-7,11,13,20H,8-9H2,1-2H3/b14-7+/t11-,13+/m0/s1. The highest BCUT2D eigenvalue weighted by molar-refractivity contribution is 8.18. The van der Waals surface area contributed by atoms with Crippen LogP contribution in [0.25, 0.3) is 6.08 Å². The highest BCUT2D eigenvalue weighted by Crippen LogP contribution is 2.34. The first kappa shape index (κ1) is 18.0. The molecule has 2 aliphatic heterocycles. The molecule has 2 heterocycles. The molecule has 0 unspecified atom stereocenters. The minimum absolute atomic E-state index is 0.259. The summed E-state index contributed by atoms with van der Waals surface area (Å²) in [6, 6.07) is 7.27. The Morgan fingerprint density at radius 1 is 1.44 bits per heavy atom. The third-order valence-corrected chi connectivity index (χ3v) is 5.79. The van der Waals surface area contributed by atoms with E-state index in [0.717, 1.165) is 10.5 Å². The number of benzene rings is 1. The van der Waals surface area contributed by atoms with Gasteiger partial charge in [0.1, 0.15) is 6.04 Å². The molecule has 25 heavy (non-hydrogen) atoms. The molecule has 1 N–H and O–H groups in total. The number of amides is 1. The Bertz CT molecular complexity index is 746. The van der Waals surface area contributed by atoms with E-state index in [0.29, 0.717) is 10.1 Å². The Kier molecular flexibility index (Phi) is 5.51. The van der Waals surface area contributed by atoms with E-state index in [9.17, 15) is 14.7 Å². The number of methoxy groups -OCH3 is 1. The van der Waals surface area contributed by atoms with Gasteiger partial charge < -0.3 is 14.7 Å². The van der Waals surface area contributed by atoms with E-state index in [1.54, 1.807) is 22.7 Å². The minimum atomic E-state index is -0.644. The van der Waals surface area contributed by atoms with Crippen LogP contribution in [0.5, 0.6) is 0 Å². The number of amidine groups is 1. The SMILES string of the molecule is COC(=O)[C@H]1C[C@H](O)CN1C1=NC(=O)/C(=C\c2ccc(SC)cc2)S1. The molecule has 3 rings (SSSR count). The van der Waals surface area contributed by atoms with E-state index < -0.39 is 18.1 Å². The summed E-state index contributed by atoms with van der Waals surface area (Å²) in [5.74, 6) is -0.767. The largest absolute Gasteiger partial charge is 0.467 e. The Morgan fingerprint density at radius 2 is 2.16 bits per heavy atom. The van der Waals surface area contributed by atoms with Gasteiger partial charge in [-0.05, 0) is 41.8 Å². The van der Waals surface area contributed by atoms with Crippen molar-refractivity contribution < 1.29 is 19.4 Å². The topological polar surface area (TPSA) is 79.2 Å². The van der Waals surface area contributed by atoms with Crippen molar-refractivity contribution in [3.63, 3.8) is 0 Å². The van der Waals surface area contributed by atoms with E-state index in [1.807, 2.05) is 30.5 Å². The number of aliphatic hydroxyl groups is 1. The Balaban J connectivity index is 1.77. The van der Waals surface area contributed by atoms with Crippen LogP contribution in [0.2, 0.25) is 0 Å². The van der Waals surface area contributed by atoms with Crippen molar-refractivity contribution in [3.05, 3.63) is 34.7 Å². The molecule has 0 spiro atoms. The van der Waals surface area contributed by atoms with Gasteiger partial charge in [0.25, 0.3) is 5.91 Å². The molecule has 0 aromatic heterocycles. The average molecular weight is 378 g/mol. The monoisotopic (exact) mass is 378 g/mol. The molecule has 1 amide bonds. The number of thioether (sulfide) groups is 2. The van der Waals surface area contributed by atoms with E-state index in [-0.39, 0.29) is 18.9 Å². The molecular weight excluding hydrogens is 360 g/mol. The van der Waals surface area contributed by atoms with Crippen molar-refractivity contribution in [1.29, 1.82) is 0 Å². The summed E-state index contributed by atoms with van der Waals surface area (Å²) in [6.45, 7) is 0.259. The molecule has 0 bridgehead atoms. The van der Waals surface area contributed by atoms with Gasteiger partial charge in [-0.25, -0.2) is 4.79 Å². The summed E-state index contributed by atoms with van der Waals surface area (Å²) in [7, 11) is 1.31. The van der Waals surface area contributed by atoms with Crippen molar-refractivity contribution in [2.75, 3.05) is 19.9 Å². The molecule has 0 saturated carbocycles. The normalized spacial score (nSPS) is 24.8. The smallest absolute Gasteiger partial charge is 0.328 e. The van der Waals surface area contributed by atoms with E-state index in [1.165, 1.54) is 18.9 Å². The molecule has 132 valence electrons. The molecule has 2 aliphatic rings. The number of ether oxygens (including phenoxy) is 1. The van der Waals surface area contributed by atoms with Crippen LogP contribution in [-0.4, -0.2) is 59.1 Å². The van der Waals surface area contributed by atoms with Crippen molar-refractivity contribution in [2.45, 2.75) is 23.5 Å². The van der Waals surface area contributed by atoms with Gasteiger partial charge in [0, 0.05) is 17.9 Å². The summed E-state index contributed by atoms with van der Waals surface area (Å²) >= 11 is 2.87. The fraction of sp³-hybridized carbons (Fsp3) is 0.353. The fourth-order valence-electron chi connectivity index (χ4n) is 2.76. The number of β-amino-alcohol motifs (C(OH)–C–C–N with tert-alkyl or cyclic N) is 1. The van der Waals surface area contributed by atoms with Crippen LogP contribution in [0.1, 0.15) is 12.0 Å². The Labute approximate surface area is 154 Å². The zero-order chi connectivity index (χ0) is 18.0. The van der Waals surface area contributed by atoms with Crippen molar-refractivity contribution >= 4 is 46.6 Å². The number of nitrogens with zero attached hydrogens (tertiary/aromatic N) is 2. The molecular formula is C17H18N2O4S2. The summed E-state index contributed by atoms with van der Waals surface area (Å²) in [5, 5.41) is 10.3. The van der Waals surface area contributed by atoms with Gasteiger partial charge in [-0.2, -0.15) is 4.99 Å². The molecule has 2 atom stereocenters. The third kappa shape index (κ3) is 3.91. The van der Waals surface area contributed by atoms with Crippen LogP contribution in [0, 0.1) is 0 Å². The number of carbonyl (C=O) groups excluding carboxylic acids is 2. The van der Waals surface area contributed by atoms with Gasteiger partial charge in [-0.1, -0.05) is 12.1 Å². The molecule has 8 heteroatoms. The van der Waals surface area contributed by atoms with Gasteiger partial charge >= 0.3 is 5.97 Å². The molecule has 6 nitrogen and oxygen atoms in total. The van der Waals surface area contributed by atoms with Crippen molar-refractivity contribution in [3.8, 4) is 0 Å². The number of rotatable bonds is 3. The maximum atomic E-state index is 12.2. The molecule has 1 saturated heterocycles. The molecule has 1 fully saturated rings. The van der Waals surface area contributed by atoms with E-state index in [4.69, 9.17) is 4.74 Å². The number of hydrogen-bond donors (Lipinski definition) is 1. The first-order valence-corrected chi connectivity index (χ1v) is 9.75. The number of hydrogen-bond acceptors (Lipinski definition) is 7. The van der Waals surface area contributed by atoms with Crippen molar-refractivity contribution in [1.82, 2.24) is 4.90 Å². The lowest BCUT2D eigenvalue weighted by Crippen LogP contribution is -2.39. The summed E-state index contributed by atoms with van der Waals surface area (Å²) in [5.41, 5.74) is 0.913. The van der Waals surface area contributed by atoms with Gasteiger partial charge in [0.2, 0.25) is 0 Å². The summed E-state index contributed by atoms with van der Waals surface area (Å²) in [6.07, 6.45) is 3.42. The quantitative estimate of drug-likeness (QED) is 0.489. The summed E-state index contributed by atoms with van der Waals surface area (Å²) in [4.78, 5) is 31.5. The Hall–Kier alpha value is -1.77. The number of likely N-dealkylation sites (tertiary alicyclic amines) is 1. The number of carbonyl (C=O) groups is 2. The lowest BCUT2D eigenvalue weighted by atomic mass is 10.2. The first-order valence-electron chi connectivity index (χ1n) is 7.71. The van der Waals surface area contributed by atoms with E-state index >= 15 is 0 Å². The second kappa shape index (κ2) is 7.63. The highest BCUT2D eigenvalue weighted by Gasteiger charge is 2.41. The van der Waals surface area contributed by atoms with Crippen LogP contribution >= 0.6 is 23.5 Å². The number of esters is 1. The van der Waals surface area contributed by atoms with E-state index in [2.05, 4.69) is 4.99 Å². The number of aliphatic hydroxyl groups excluding tert-OH is 1. The van der Waals surface area contributed by atoms with Gasteiger partial charge in [0.15, 0.2) is 5.17 Å². The van der Waals surface area contributed by atoms with Crippen LogP contribution < -0.4 is 0 Å². The van der Waals surface area contributed by atoms with Gasteiger partial charge in [0.05, 0.1) is 18.1 Å². The third-order valence-electron chi connectivity index (χ3n) is 4.02. The fourth-order valence-corrected chi connectivity index (χ4v) is 4.14. The van der Waals surface area contributed by atoms with Crippen molar-refractivity contribution in [2.24, 2.45) is 4.99 Å².